The Bertz CT molecular complexity index is 635. The molecule has 0 saturated carbocycles. The molecule has 0 spiro atoms. The third-order valence-electron chi connectivity index (χ3n) is 2.40. The van der Waals surface area contributed by atoms with Gasteiger partial charge in [-0.15, -0.1) is 10.2 Å². The van der Waals surface area contributed by atoms with Crippen LogP contribution in [0.2, 0.25) is 0 Å². The number of aryl methyl sites for hydroxylation is 1. The van der Waals surface area contributed by atoms with E-state index in [0.717, 1.165) is 35.7 Å². The van der Waals surface area contributed by atoms with Gasteiger partial charge in [0.2, 0.25) is 11.0 Å². The van der Waals surface area contributed by atoms with Crippen LogP contribution in [0.1, 0.15) is 17.5 Å². The Morgan fingerprint density at radius 3 is 2.65 bits per heavy atom. The molecule has 2 aromatic rings. The number of halogens is 2. The van der Waals surface area contributed by atoms with Gasteiger partial charge in [-0.25, -0.2) is 8.78 Å². The minimum atomic E-state index is -0.724. The lowest BCUT2D eigenvalue weighted by Crippen LogP contribution is -2.07. The molecule has 0 bridgehead atoms. The summed E-state index contributed by atoms with van der Waals surface area (Å²) in [6.45, 7) is 1.92. The van der Waals surface area contributed by atoms with Crippen LogP contribution in [0.3, 0.4) is 0 Å². The molecule has 0 radical (unpaired) electrons. The maximum absolute atomic E-state index is 13.3. The average Bonchev–Trinajstić information content (AvgIpc) is 2.86. The zero-order valence-corrected chi connectivity index (χ0v) is 11.4. The summed E-state index contributed by atoms with van der Waals surface area (Å²) < 4.78 is 26.7. The van der Waals surface area contributed by atoms with Crippen LogP contribution in [0.15, 0.2) is 24.3 Å². The van der Waals surface area contributed by atoms with Crippen LogP contribution in [0.25, 0.3) is 6.08 Å². The van der Waals surface area contributed by atoms with Gasteiger partial charge in [-0.2, -0.15) is 0 Å². The first-order chi connectivity index (χ1) is 9.60. The largest absolute Gasteiger partial charge is 0.297 e. The van der Waals surface area contributed by atoms with Crippen LogP contribution in [0.5, 0.6) is 0 Å². The van der Waals surface area contributed by atoms with Gasteiger partial charge in [0.1, 0.15) is 16.6 Å². The summed E-state index contributed by atoms with van der Waals surface area (Å²) in [5.41, 5.74) is -0.255. The summed E-state index contributed by atoms with van der Waals surface area (Å²) in [6.07, 6.45) is 2.86. The van der Waals surface area contributed by atoms with Crippen LogP contribution in [0.4, 0.5) is 13.9 Å². The smallest absolute Gasteiger partial charge is 0.250 e. The van der Waals surface area contributed by atoms with Crippen molar-refractivity contribution < 1.29 is 13.6 Å². The Hall–Kier alpha value is -2.15. The molecule has 1 heterocycles. The first-order valence-corrected chi connectivity index (χ1v) is 6.67. The molecule has 0 atom stereocenters. The fourth-order valence-electron chi connectivity index (χ4n) is 1.42. The maximum atomic E-state index is 13.3. The zero-order chi connectivity index (χ0) is 14.5. The van der Waals surface area contributed by atoms with Crippen LogP contribution < -0.4 is 5.32 Å². The standard InChI is InChI=1S/C13H11F2N3OS/c1-2-12-17-18-13(20-12)16-11(19)7-6-8-9(14)4-3-5-10(8)15/h3-7H,2H2,1H3,(H,16,18,19). The van der Waals surface area contributed by atoms with E-state index < -0.39 is 17.5 Å². The van der Waals surface area contributed by atoms with E-state index in [1.54, 1.807) is 0 Å². The molecule has 104 valence electrons. The predicted octanol–water partition coefficient (Wildman–Crippen LogP) is 3.03. The summed E-state index contributed by atoms with van der Waals surface area (Å²) in [6, 6.07) is 3.51. The Labute approximate surface area is 118 Å². The summed E-state index contributed by atoms with van der Waals surface area (Å²) in [4.78, 5) is 11.6. The Morgan fingerprint density at radius 2 is 2.05 bits per heavy atom. The van der Waals surface area contributed by atoms with Gasteiger partial charge in [-0.1, -0.05) is 24.3 Å². The predicted molar refractivity (Wildman–Crippen MR) is 73.3 cm³/mol. The first kappa shape index (κ1) is 14.3. The molecule has 2 rings (SSSR count). The van der Waals surface area contributed by atoms with E-state index in [1.807, 2.05) is 6.92 Å². The van der Waals surface area contributed by atoms with Gasteiger partial charge in [0, 0.05) is 11.6 Å². The van der Waals surface area contributed by atoms with Gasteiger partial charge in [-0.3, -0.25) is 10.1 Å². The average molecular weight is 295 g/mol. The molecule has 0 aliphatic rings. The number of carbonyl (C=O) groups excluding carboxylic acids is 1. The number of anilines is 1. The molecule has 0 saturated heterocycles. The summed E-state index contributed by atoms with van der Waals surface area (Å²) in [5, 5.41) is 11.2. The van der Waals surface area contributed by atoms with Crippen molar-refractivity contribution in [2.24, 2.45) is 0 Å². The van der Waals surface area contributed by atoms with Crippen molar-refractivity contribution in [2.45, 2.75) is 13.3 Å². The van der Waals surface area contributed by atoms with Crippen LogP contribution >= 0.6 is 11.3 Å². The van der Waals surface area contributed by atoms with Crippen LogP contribution in [0, 0.1) is 11.6 Å². The molecule has 1 aromatic heterocycles. The highest BCUT2D eigenvalue weighted by Crippen LogP contribution is 2.16. The minimum absolute atomic E-state index is 0.255. The molecular weight excluding hydrogens is 284 g/mol. The lowest BCUT2D eigenvalue weighted by molar-refractivity contribution is -0.111. The molecular formula is C13H11F2N3OS. The van der Waals surface area contributed by atoms with Crippen molar-refractivity contribution in [2.75, 3.05) is 5.32 Å². The number of nitrogens with one attached hydrogen (secondary N) is 1. The molecule has 20 heavy (non-hydrogen) atoms. The van der Waals surface area contributed by atoms with Crippen molar-refractivity contribution in [3.05, 3.63) is 46.5 Å². The molecule has 0 aliphatic heterocycles. The number of amides is 1. The van der Waals surface area contributed by atoms with Gasteiger partial charge in [0.25, 0.3) is 0 Å². The molecule has 1 amide bonds. The van der Waals surface area contributed by atoms with Gasteiger partial charge in [-0.05, 0) is 24.6 Å². The first-order valence-electron chi connectivity index (χ1n) is 5.85. The van der Waals surface area contributed by atoms with Crippen molar-refractivity contribution in [1.29, 1.82) is 0 Å². The third-order valence-corrected chi connectivity index (χ3v) is 3.38. The third kappa shape index (κ3) is 3.45. The van der Waals surface area contributed by atoms with Gasteiger partial charge >= 0.3 is 0 Å². The molecule has 0 fully saturated rings. The highest BCUT2D eigenvalue weighted by atomic mass is 32.1. The Morgan fingerprint density at radius 1 is 1.35 bits per heavy atom. The van der Waals surface area contributed by atoms with E-state index in [9.17, 15) is 13.6 Å². The molecule has 7 heteroatoms. The minimum Gasteiger partial charge on any atom is -0.297 e. The molecule has 0 unspecified atom stereocenters. The van der Waals surface area contributed by atoms with E-state index in [4.69, 9.17) is 0 Å². The molecule has 0 aliphatic carbocycles. The number of aromatic nitrogens is 2. The number of hydrogen-bond acceptors (Lipinski definition) is 4. The number of benzene rings is 1. The second kappa shape index (κ2) is 6.33. The highest BCUT2D eigenvalue weighted by molar-refractivity contribution is 7.15. The lowest BCUT2D eigenvalue weighted by atomic mass is 10.2. The fourth-order valence-corrected chi connectivity index (χ4v) is 2.11. The number of hydrogen-bond donors (Lipinski definition) is 1. The maximum Gasteiger partial charge on any atom is 0.250 e. The van der Waals surface area contributed by atoms with E-state index >= 15 is 0 Å². The monoisotopic (exact) mass is 295 g/mol. The molecule has 1 aromatic carbocycles. The van der Waals surface area contributed by atoms with E-state index in [1.165, 1.54) is 17.4 Å². The van der Waals surface area contributed by atoms with Gasteiger partial charge in [0.05, 0.1) is 0 Å². The summed E-state index contributed by atoms with van der Waals surface area (Å²) in [7, 11) is 0. The van der Waals surface area contributed by atoms with E-state index in [0.29, 0.717) is 5.13 Å². The number of nitrogens with zero attached hydrogens (tertiary/aromatic N) is 2. The van der Waals surface area contributed by atoms with Crippen LogP contribution in [-0.4, -0.2) is 16.1 Å². The Balaban J connectivity index is 2.06. The van der Waals surface area contributed by atoms with Gasteiger partial charge < -0.3 is 0 Å². The summed E-state index contributed by atoms with van der Waals surface area (Å²) >= 11 is 1.25. The molecule has 1 N–H and O–H groups in total. The fraction of sp³-hybridized carbons (Fsp3) is 0.154. The van der Waals surface area contributed by atoms with E-state index in [-0.39, 0.29) is 5.56 Å². The SMILES string of the molecule is CCc1nnc(NC(=O)C=Cc2c(F)cccc2F)s1. The second-order valence-electron chi connectivity index (χ2n) is 3.81. The number of carbonyl (C=O) groups is 1. The zero-order valence-electron chi connectivity index (χ0n) is 10.6. The summed E-state index contributed by atoms with van der Waals surface area (Å²) in [5.74, 6) is -1.97. The second-order valence-corrected chi connectivity index (χ2v) is 4.87. The van der Waals surface area contributed by atoms with Crippen molar-refractivity contribution >= 4 is 28.5 Å². The molecule has 4 nitrogen and oxygen atoms in total. The highest BCUT2D eigenvalue weighted by Gasteiger charge is 2.07. The van der Waals surface area contributed by atoms with Crippen molar-refractivity contribution in [1.82, 2.24) is 10.2 Å². The quantitative estimate of drug-likeness (QED) is 0.882. The van der Waals surface area contributed by atoms with E-state index in [2.05, 4.69) is 15.5 Å². The van der Waals surface area contributed by atoms with Crippen molar-refractivity contribution in [3.63, 3.8) is 0 Å². The Kier molecular flexibility index (Phi) is 4.52. The normalized spacial score (nSPS) is 10.9. The van der Waals surface area contributed by atoms with Crippen LogP contribution in [-0.2, 0) is 11.2 Å². The van der Waals surface area contributed by atoms with Gasteiger partial charge in [0.15, 0.2) is 0 Å². The van der Waals surface area contributed by atoms with Crippen molar-refractivity contribution in [3.8, 4) is 0 Å². The number of rotatable bonds is 4. The lowest BCUT2D eigenvalue weighted by Gasteiger charge is -1.98. The topological polar surface area (TPSA) is 54.9 Å².